The highest BCUT2D eigenvalue weighted by molar-refractivity contribution is 5.36. The molecule has 2 rings (SSSR count). The first-order chi connectivity index (χ1) is 11.7. The fourth-order valence-electron chi connectivity index (χ4n) is 2.34. The van der Waals surface area contributed by atoms with Crippen LogP contribution in [0.5, 0.6) is 11.5 Å². The molecule has 126 valence electrons. The minimum atomic E-state index is 0.467. The van der Waals surface area contributed by atoms with Crippen molar-refractivity contribution < 1.29 is 9.47 Å². The number of hydrogen-bond donors (Lipinski definition) is 0. The third-order valence-electron chi connectivity index (χ3n) is 3.86. The van der Waals surface area contributed by atoms with Crippen molar-refractivity contribution in [3.63, 3.8) is 0 Å². The molecule has 24 heavy (non-hydrogen) atoms. The molecule has 0 unspecified atom stereocenters. The van der Waals surface area contributed by atoms with Gasteiger partial charge in [-0.15, -0.1) is 0 Å². The van der Waals surface area contributed by atoms with Gasteiger partial charge in [0.15, 0.2) is 0 Å². The van der Waals surface area contributed by atoms with Gasteiger partial charge in [-0.1, -0.05) is 32.0 Å². The van der Waals surface area contributed by atoms with E-state index in [9.17, 15) is 0 Å². The van der Waals surface area contributed by atoms with Gasteiger partial charge in [-0.05, 0) is 49.0 Å². The van der Waals surface area contributed by atoms with Gasteiger partial charge in [0.1, 0.15) is 24.7 Å². The average molecular weight is 324 g/mol. The van der Waals surface area contributed by atoms with Gasteiger partial charge in [0, 0.05) is 6.54 Å². The van der Waals surface area contributed by atoms with Crippen LogP contribution in [0.1, 0.15) is 25.0 Å². The largest absolute Gasteiger partial charge is 0.492 e. The highest BCUT2D eigenvalue weighted by Gasteiger charge is 2.01. The maximum Gasteiger partial charge on any atom is 0.121 e. The second-order valence-corrected chi connectivity index (χ2v) is 5.45. The van der Waals surface area contributed by atoms with Gasteiger partial charge < -0.3 is 14.4 Å². The molecule has 0 aliphatic heterocycles. The lowest BCUT2D eigenvalue weighted by Gasteiger charge is -2.18. The molecule has 0 N–H and O–H groups in total. The fourth-order valence-corrected chi connectivity index (χ4v) is 2.34. The van der Waals surface area contributed by atoms with Crippen LogP contribution in [-0.4, -0.2) is 31.1 Å². The Morgan fingerprint density at radius 2 is 1.71 bits per heavy atom. The molecule has 0 amide bonds. The summed E-state index contributed by atoms with van der Waals surface area (Å²) in [5.41, 5.74) is 1.66. The number of hydrogen-bond acceptors (Lipinski definition) is 4. The van der Waals surface area contributed by atoms with Gasteiger partial charge in [0.2, 0.25) is 0 Å². The van der Waals surface area contributed by atoms with Crippen LogP contribution in [-0.2, 0) is 6.61 Å². The molecule has 0 fully saturated rings. The first-order valence-corrected chi connectivity index (χ1v) is 8.32. The van der Waals surface area contributed by atoms with E-state index in [-0.39, 0.29) is 0 Å². The molecular weight excluding hydrogens is 300 g/mol. The van der Waals surface area contributed by atoms with Crippen LogP contribution >= 0.6 is 0 Å². The Labute approximate surface area is 144 Å². The van der Waals surface area contributed by atoms with Crippen LogP contribution < -0.4 is 9.47 Å². The van der Waals surface area contributed by atoms with Crippen LogP contribution in [0.15, 0.2) is 48.5 Å². The Bertz CT molecular complexity index is 658. The number of benzene rings is 2. The number of rotatable bonds is 9. The average Bonchev–Trinajstić information content (AvgIpc) is 2.65. The van der Waals surface area contributed by atoms with Gasteiger partial charge in [-0.25, -0.2) is 0 Å². The number of nitriles is 1. The van der Waals surface area contributed by atoms with Gasteiger partial charge in [-0.2, -0.15) is 5.26 Å². The van der Waals surface area contributed by atoms with Gasteiger partial charge in [-0.3, -0.25) is 0 Å². The third kappa shape index (κ3) is 5.60. The van der Waals surface area contributed by atoms with Crippen molar-refractivity contribution in [2.45, 2.75) is 20.5 Å². The molecule has 0 aliphatic rings. The van der Waals surface area contributed by atoms with E-state index in [1.54, 1.807) is 12.1 Å². The normalized spacial score (nSPS) is 10.4. The summed E-state index contributed by atoms with van der Waals surface area (Å²) in [5, 5.41) is 8.89. The maximum absolute atomic E-state index is 8.89. The van der Waals surface area contributed by atoms with E-state index >= 15 is 0 Å². The third-order valence-corrected chi connectivity index (χ3v) is 3.86. The summed E-state index contributed by atoms with van der Waals surface area (Å²) in [6.07, 6.45) is 0. The molecule has 0 radical (unpaired) electrons. The standard InChI is InChI=1S/C20H24N2O2/c1-3-22(4-2)12-13-23-19-10-8-17(9-11-19)16-24-20-7-5-6-18(14-20)15-21/h5-11,14H,3-4,12-13,16H2,1-2H3. The van der Waals surface area contributed by atoms with E-state index in [1.165, 1.54) is 0 Å². The quantitative estimate of drug-likeness (QED) is 0.703. The Hall–Kier alpha value is -2.51. The molecule has 0 saturated carbocycles. The molecule has 0 heterocycles. The summed E-state index contributed by atoms with van der Waals surface area (Å²) < 4.78 is 11.5. The zero-order valence-electron chi connectivity index (χ0n) is 14.4. The summed E-state index contributed by atoms with van der Waals surface area (Å²) in [6, 6.07) is 17.2. The fraction of sp³-hybridized carbons (Fsp3) is 0.350. The molecule has 0 saturated heterocycles. The van der Waals surface area contributed by atoms with E-state index < -0.39 is 0 Å². The summed E-state index contributed by atoms with van der Waals surface area (Å²) in [7, 11) is 0. The molecule has 2 aromatic carbocycles. The SMILES string of the molecule is CCN(CC)CCOc1ccc(COc2cccc(C#N)c2)cc1. The molecule has 4 nitrogen and oxygen atoms in total. The number of ether oxygens (including phenoxy) is 2. The van der Waals surface area contributed by atoms with E-state index in [2.05, 4.69) is 24.8 Å². The van der Waals surface area contributed by atoms with Crippen molar-refractivity contribution in [2.24, 2.45) is 0 Å². The zero-order chi connectivity index (χ0) is 17.2. The summed E-state index contributed by atoms with van der Waals surface area (Å²) in [6.45, 7) is 8.50. The lowest BCUT2D eigenvalue weighted by molar-refractivity contribution is 0.222. The Morgan fingerprint density at radius 1 is 0.958 bits per heavy atom. The minimum Gasteiger partial charge on any atom is -0.492 e. The highest BCUT2D eigenvalue weighted by atomic mass is 16.5. The topological polar surface area (TPSA) is 45.5 Å². The Morgan fingerprint density at radius 3 is 2.38 bits per heavy atom. The van der Waals surface area contributed by atoms with E-state index in [0.717, 1.165) is 30.9 Å². The van der Waals surface area contributed by atoms with E-state index in [0.29, 0.717) is 24.5 Å². The summed E-state index contributed by atoms with van der Waals surface area (Å²) in [5.74, 6) is 1.57. The van der Waals surface area contributed by atoms with Crippen LogP contribution in [0.4, 0.5) is 0 Å². The molecule has 2 aromatic rings. The van der Waals surface area contributed by atoms with Gasteiger partial charge in [0.25, 0.3) is 0 Å². The van der Waals surface area contributed by atoms with Crippen LogP contribution in [0.3, 0.4) is 0 Å². The van der Waals surface area contributed by atoms with Crippen molar-refractivity contribution in [2.75, 3.05) is 26.2 Å². The second kappa shape index (κ2) is 9.59. The zero-order valence-corrected chi connectivity index (χ0v) is 14.4. The molecule has 0 bridgehead atoms. The van der Waals surface area contributed by atoms with Crippen LogP contribution in [0, 0.1) is 11.3 Å². The lowest BCUT2D eigenvalue weighted by atomic mass is 10.2. The second-order valence-electron chi connectivity index (χ2n) is 5.45. The number of likely N-dealkylation sites (N-methyl/N-ethyl adjacent to an activating group) is 1. The van der Waals surface area contributed by atoms with Crippen molar-refractivity contribution >= 4 is 0 Å². The molecule has 0 aliphatic carbocycles. The van der Waals surface area contributed by atoms with E-state index in [1.807, 2.05) is 36.4 Å². The van der Waals surface area contributed by atoms with Gasteiger partial charge >= 0.3 is 0 Å². The Balaban J connectivity index is 1.80. The monoisotopic (exact) mass is 324 g/mol. The van der Waals surface area contributed by atoms with Crippen LogP contribution in [0.25, 0.3) is 0 Å². The minimum absolute atomic E-state index is 0.467. The maximum atomic E-state index is 8.89. The van der Waals surface area contributed by atoms with Crippen molar-refractivity contribution in [1.29, 1.82) is 5.26 Å². The summed E-state index contributed by atoms with van der Waals surface area (Å²) >= 11 is 0. The summed E-state index contributed by atoms with van der Waals surface area (Å²) in [4.78, 5) is 2.33. The van der Waals surface area contributed by atoms with Crippen molar-refractivity contribution in [3.8, 4) is 17.6 Å². The Kier molecular flexibility index (Phi) is 7.13. The first kappa shape index (κ1) is 17.8. The first-order valence-electron chi connectivity index (χ1n) is 8.32. The predicted octanol–water partition coefficient (Wildman–Crippen LogP) is 3.86. The molecule has 0 aromatic heterocycles. The smallest absolute Gasteiger partial charge is 0.121 e. The van der Waals surface area contributed by atoms with E-state index in [4.69, 9.17) is 14.7 Å². The molecule has 0 atom stereocenters. The highest BCUT2D eigenvalue weighted by Crippen LogP contribution is 2.17. The van der Waals surface area contributed by atoms with Crippen molar-refractivity contribution in [3.05, 3.63) is 59.7 Å². The van der Waals surface area contributed by atoms with Crippen molar-refractivity contribution in [1.82, 2.24) is 4.90 Å². The van der Waals surface area contributed by atoms with Gasteiger partial charge in [0.05, 0.1) is 11.6 Å². The molecular formula is C20H24N2O2. The number of nitrogens with zero attached hydrogens (tertiary/aromatic N) is 2. The lowest BCUT2D eigenvalue weighted by Crippen LogP contribution is -2.27. The predicted molar refractivity (Wildman–Crippen MR) is 95.2 cm³/mol. The van der Waals surface area contributed by atoms with Crippen LogP contribution in [0.2, 0.25) is 0 Å². The molecule has 0 spiro atoms. The molecule has 4 heteroatoms.